The van der Waals surface area contributed by atoms with Crippen LogP contribution in [0.3, 0.4) is 0 Å². The SMILES string of the molecule is CC(C)[C@H](NO)C(=O)N1CCC[C@H]1c1ncc(-c2cc(C3CC3)c(-c3ccc4c(ccc5nc([C@@H]6CCCN6)[nH]c54)c3)s2)[nH]1. The molecular weight excluding hydrogens is 570 g/mol. The van der Waals surface area contributed by atoms with Gasteiger partial charge in [-0.15, -0.1) is 11.3 Å². The number of H-pyrrole nitrogens is 2. The summed E-state index contributed by atoms with van der Waals surface area (Å²) >= 11 is 1.82. The van der Waals surface area contributed by atoms with Crippen LogP contribution in [0.15, 0.2) is 42.6 Å². The molecule has 10 heteroatoms. The molecule has 228 valence electrons. The topological polar surface area (TPSA) is 122 Å². The number of hydrogen-bond acceptors (Lipinski definition) is 7. The molecule has 1 aliphatic carbocycles. The van der Waals surface area contributed by atoms with Crippen LogP contribution in [-0.4, -0.2) is 55.1 Å². The van der Waals surface area contributed by atoms with Crippen molar-refractivity contribution in [3.05, 3.63) is 59.8 Å². The van der Waals surface area contributed by atoms with Gasteiger partial charge >= 0.3 is 0 Å². The molecule has 0 spiro atoms. The summed E-state index contributed by atoms with van der Waals surface area (Å²) in [5, 5.41) is 15.6. The van der Waals surface area contributed by atoms with Crippen molar-refractivity contribution < 1.29 is 10.0 Å². The summed E-state index contributed by atoms with van der Waals surface area (Å²) in [5.74, 6) is 2.37. The first-order valence-electron chi connectivity index (χ1n) is 16.0. The number of likely N-dealkylation sites (tertiary alicyclic amines) is 1. The molecular formula is C34H39N7O2S. The van der Waals surface area contributed by atoms with Gasteiger partial charge in [-0.3, -0.25) is 4.79 Å². The highest BCUT2D eigenvalue weighted by atomic mass is 32.1. The fourth-order valence-corrected chi connectivity index (χ4v) is 8.34. The second-order valence-corrected chi connectivity index (χ2v) is 14.1. The maximum absolute atomic E-state index is 13.2. The van der Waals surface area contributed by atoms with Crippen molar-refractivity contribution in [2.75, 3.05) is 13.1 Å². The molecule has 3 atom stereocenters. The summed E-state index contributed by atoms with van der Waals surface area (Å²) in [6, 6.07) is 13.1. The molecule has 5 heterocycles. The maximum atomic E-state index is 13.2. The third-order valence-corrected chi connectivity index (χ3v) is 10.9. The largest absolute Gasteiger partial charge is 0.340 e. The Morgan fingerprint density at radius 1 is 1.07 bits per heavy atom. The van der Waals surface area contributed by atoms with E-state index >= 15 is 0 Å². The monoisotopic (exact) mass is 609 g/mol. The van der Waals surface area contributed by atoms with Crippen molar-refractivity contribution in [3.8, 4) is 21.0 Å². The quantitative estimate of drug-likeness (QED) is 0.123. The third kappa shape index (κ3) is 4.84. The highest BCUT2D eigenvalue weighted by molar-refractivity contribution is 7.19. The smallest absolute Gasteiger partial charge is 0.242 e. The normalized spacial score (nSPS) is 21.3. The Morgan fingerprint density at radius 2 is 1.95 bits per heavy atom. The number of hydroxylamine groups is 1. The zero-order valence-electron chi connectivity index (χ0n) is 25.2. The Bertz CT molecular complexity index is 1840. The van der Waals surface area contributed by atoms with Gasteiger partial charge in [-0.25, -0.2) is 9.97 Å². The van der Waals surface area contributed by atoms with Gasteiger partial charge in [0.2, 0.25) is 5.91 Å². The van der Waals surface area contributed by atoms with E-state index in [9.17, 15) is 10.0 Å². The van der Waals surface area contributed by atoms with Gasteiger partial charge in [0.1, 0.15) is 17.7 Å². The van der Waals surface area contributed by atoms with Crippen LogP contribution in [0, 0.1) is 5.92 Å². The number of carbonyl (C=O) groups is 1. The molecule has 3 aliphatic rings. The van der Waals surface area contributed by atoms with E-state index in [1.807, 2.05) is 36.3 Å². The Morgan fingerprint density at radius 3 is 2.73 bits per heavy atom. The van der Waals surface area contributed by atoms with E-state index in [4.69, 9.17) is 9.97 Å². The molecule has 8 rings (SSSR count). The van der Waals surface area contributed by atoms with E-state index in [1.54, 1.807) is 0 Å². The van der Waals surface area contributed by atoms with Crippen LogP contribution in [0.4, 0.5) is 0 Å². The van der Waals surface area contributed by atoms with Gasteiger partial charge in [0.15, 0.2) is 0 Å². The van der Waals surface area contributed by atoms with E-state index in [1.165, 1.54) is 50.9 Å². The fraction of sp³-hybridized carbons (Fsp3) is 0.441. The molecule has 0 bridgehead atoms. The molecule has 2 saturated heterocycles. The number of rotatable bonds is 8. The summed E-state index contributed by atoms with van der Waals surface area (Å²) in [4.78, 5) is 34.5. The molecule has 2 aliphatic heterocycles. The lowest BCUT2D eigenvalue weighted by Crippen LogP contribution is -2.48. The Hall–Kier alpha value is -3.57. The highest BCUT2D eigenvalue weighted by Crippen LogP contribution is 2.50. The standard InChI is InChI=1S/C34H39N7O2S/c1-18(2)29(40-43)34(42)41-14-4-6-27(41)33-36-17-26(38-33)28-16-23(19-7-8-19)31(44-28)21-9-11-22-20(15-21)10-12-24-30(22)39-32(37-24)25-5-3-13-35-25/h9-12,15-19,25,27,29,35,40,43H,3-8,13-14H2,1-2H3,(H,36,38)(H,37,39)/t25-,27-,29-/m0/s1. The van der Waals surface area contributed by atoms with E-state index in [-0.39, 0.29) is 17.9 Å². The van der Waals surface area contributed by atoms with Crippen LogP contribution in [0.25, 0.3) is 42.8 Å². The van der Waals surface area contributed by atoms with E-state index < -0.39 is 6.04 Å². The molecule has 1 amide bonds. The first-order chi connectivity index (χ1) is 21.5. The van der Waals surface area contributed by atoms with E-state index in [0.717, 1.165) is 54.2 Å². The minimum atomic E-state index is -0.622. The van der Waals surface area contributed by atoms with Gasteiger partial charge in [-0.05, 0) is 91.6 Å². The number of nitrogens with zero attached hydrogens (tertiary/aromatic N) is 3. The Balaban J connectivity index is 1.10. The maximum Gasteiger partial charge on any atom is 0.242 e. The summed E-state index contributed by atoms with van der Waals surface area (Å²) in [6.45, 7) is 5.60. The number of hydrogen-bond donors (Lipinski definition) is 5. The third-order valence-electron chi connectivity index (χ3n) is 9.71. The van der Waals surface area contributed by atoms with Crippen LogP contribution < -0.4 is 10.8 Å². The highest BCUT2D eigenvalue weighted by Gasteiger charge is 2.37. The number of amides is 1. The van der Waals surface area contributed by atoms with Crippen LogP contribution in [0.5, 0.6) is 0 Å². The van der Waals surface area contributed by atoms with Crippen molar-refractivity contribution in [2.24, 2.45) is 5.92 Å². The predicted molar refractivity (Wildman–Crippen MR) is 174 cm³/mol. The molecule has 0 unspecified atom stereocenters. The lowest BCUT2D eigenvalue weighted by atomic mass is 10.0. The minimum absolute atomic E-state index is 0.0152. The van der Waals surface area contributed by atoms with Gasteiger partial charge in [0, 0.05) is 16.8 Å². The first-order valence-corrected chi connectivity index (χ1v) is 16.9. The Kier molecular flexibility index (Phi) is 7.05. The predicted octanol–water partition coefficient (Wildman–Crippen LogP) is 6.80. The number of fused-ring (bicyclic) bond motifs is 3. The number of nitrogens with one attached hydrogen (secondary N) is 4. The fourth-order valence-electron chi connectivity index (χ4n) is 7.13. The number of imidazole rings is 2. The molecule has 5 aromatic rings. The average Bonchev–Trinajstić information content (AvgIpc) is 3.63. The number of benzene rings is 2. The number of aromatic amines is 2. The van der Waals surface area contributed by atoms with Gasteiger partial charge in [0.25, 0.3) is 0 Å². The van der Waals surface area contributed by atoms with Crippen molar-refractivity contribution in [1.29, 1.82) is 0 Å². The number of thiophene rings is 1. The Labute approximate surface area is 260 Å². The summed E-state index contributed by atoms with van der Waals surface area (Å²) in [7, 11) is 0. The van der Waals surface area contributed by atoms with Crippen LogP contribution in [-0.2, 0) is 4.79 Å². The molecule has 0 radical (unpaired) electrons. The lowest BCUT2D eigenvalue weighted by molar-refractivity contribution is -0.138. The van der Waals surface area contributed by atoms with Crippen molar-refractivity contribution in [2.45, 2.75) is 76.4 Å². The molecule has 3 fully saturated rings. The van der Waals surface area contributed by atoms with Gasteiger partial charge in [0.05, 0.1) is 39.9 Å². The van der Waals surface area contributed by atoms with Crippen LogP contribution in [0.2, 0.25) is 0 Å². The lowest BCUT2D eigenvalue weighted by Gasteiger charge is -2.28. The summed E-state index contributed by atoms with van der Waals surface area (Å²) in [6.07, 6.45) is 8.47. The zero-order chi connectivity index (χ0) is 29.9. The zero-order valence-corrected chi connectivity index (χ0v) is 26.0. The van der Waals surface area contributed by atoms with Gasteiger partial charge in [-0.1, -0.05) is 32.0 Å². The average molecular weight is 610 g/mol. The van der Waals surface area contributed by atoms with Gasteiger partial charge < -0.3 is 25.4 Å². The van der Waals surface area contributed by atoms with Crippen molar-refractivity contribution in [1.82, 2.24) is 35.6 Å². The molecule has 9 nitrogen and oxygen atoms in total. The second-order valence-electron chi connectivity index (χ2n) is 13.1. The number of carbonyl (C=O) groups excluding carboxylic acids is 1. The van der Waals surface area contributed by atoms with Crippen LogP contribution in [0.1, 0.15) is 87.6 Å². The van der Waals surface area contributed by atoms with E-state index in [0.29, 0.717) is 18.5 Å². The molecule has 2 aromatic carbocycles. The van der Waals surface area contributed by atoms with Crippen molar-refractivity contribution in [3.63, 3.8) is 0 Å². The molecule has 5 N–H and O–H groups in total. The molecule has 44 heavy (non-hydrogen) atoms. The van der Waals surface area contributed by atoms with Crippen molar-refractivity contribution >= 4 is 39.0 Å². The number of aromatic nitrogens is 4. The minimum Gasteiger partial charge on any atom is -0.340 e. The van der Waals surface area contributed by atoms with Gasteiger partial charge in [-0.2, -0.15) is 5.48 Å². The summed E-state index contributed by atoms with van der Waals surface area (Å²) in [5.41, 5.74) is 8.03. The first kappa shape index (κ1) is 27.9. The summed E-state index contributed by atoms with van der Waals surface area (Å²) < 4.78 is 0. The second kappa shape index (κ2) is 11.1. The molecule has 3 aromatic heterocycles. The van der Waals surface area contributed by atoms with E-state index in [2.05, 4.69) is 57.2 Å². The van der Waals surface area contributed by atoms with Crippen LogP contribution >= 0.6 is 11.3 Å². The molecule has 1 saturated carbocycles.